The SMILES string of the molecule is Br.CCCCN(C=C(C)C(=O)O)CCN(C)C. The molecule has 102 valence electrons. The Labute approximate surface area is 115 Å². The Balaban J connectivity index is 0. The average Bonchev–Trinajstić information content (AvgIpc) is 2.21. The van der Waals surface area contributed by atoms with Gasteiger partial charge < -0.3 is 14.9 Å². The molecule has 0 amide bonds. The molecule has 4 nitrogen and oxygen atoms in total. The van der Waals surface area contributed by atoms with E-state index in [9.17, 15) is 4.79 Å². The maximum absolute atomic E-state index is 10.7. The minimum Gasteiger partial charge on any atom is -0.478 e. The van der Waals surface area contributed by atoms with Gasteiger partial charge in [-0.3, -0.25) is 0 Å². The zero-order chi connectivity index (χ0) is 12.6. The fraction of sp³-hybridized carbons (Fsp3) is 0.750. The molecule has 1 N–H and O–H groups in total. The van der Waals surface area contributed by atoms with Crippen LogP contribution in [0.1, 0.15) is 26.7 Å². The lowest BCUT2D eigenvalue weighted by Crippen LogP contribution is -2.29. The first-order valence-corrected chi connectivity index (χ1v) is 5.77. The summed E-state index contributed by atoms with van der Waals surface area (Å²) in [6.45, 7) is 6.51. The Kier molecular flexibility index (Phi) is 11.7. The summed E-state index contributed by atoms with van der Waals surface area (Å²) < 4.78 is 0. The summed E-state index contributed by atoms with van der Waals surface area (Å²) in [4.78, 5) is 14.9. The molecule has 0 aliphatic rings. The van der Waals surface area contributed by atoms with Crippen molar-refractivity contribution in [3.63, 3.8) is 0 Å². The topological polar surface area (TPSA) is 43.8 Å². The highest BCUT2D eigenvalue weighted by atomic mass is 79.9. The van der Waals surface area contributed by atoms with Crippen LogP contribution in [-0.4, -0.2) is 54.6 Å². The van der Waals surface area contributed by atoms with E-state index in [0.29, 0.717) is 5.57 Å². The van der Waals surface area contributed by atoms with E-state index in [1.54, 1.807) is 13.1 Å². The van der Waals surface area contributed by atoms with E-state index in [1.807, 2.05) is 14.1 Å². The molecule has 0 aromatic rings. The highest BCUT2D eigenvalue weighted by Crippen LogP contribution is 2.01. The Hall–Kier alpha value is -0.550. The first-order valence-electron chi connectivity index (χ1n) is 5.77. The van der Waals surface area contributed by atoms with Crippen LogP contribution >= 0.6 is 17.0 Å². The van der Waals surface area contributed by atoms with Crippen LogP contribution in [0.15, 0.2) is 11.8 Å². The Morgan fingerprint density at radius 3 is 2.24 bits per heavy atom. The molecule has 0 spiro atoms. The highest BCUT2D eigenvalue weighted by molar-refractivity contribution is 8.93. The fourth-order valence-corrected chi connectivity index (χ4v) is 1.26. The van der Waals surface area contributed by atoms with Crippen LogP contribution in [0.2, 0.25) is 0 Å². The molecule has 0 aliphatic carbocycles. The number of likely N-dealkylation sites (N-methyl/N-ethyl adjacent to an activating group) is 1. The number of aliphatic carboxylic acids is 1. The fourth-order valence-electron chi connectivity index (χ4n) is 1.26. The van der Waals surface area contributed by atoms with Crippen LogP contribution in [0.3, 0.4) is 0 Å². The lowest BCUT2D eigenvalue weighted by molar-refractivity contribution is -0.132. The summed E-state index contributed by atoms with van der Waals surface area (Å²) in [5.74, 6) is -0.841. The van der Waals surface area contributed by atoms with E-state index in [4.69, 9.17) is 5.11 Å². The third kappa shape index (κ3) is 10.3. The second kappa shape index (κ2) is 10.6. The van der Waals surface area contributed by atoms with E-state index in [0.717, 1.165) is 32.5 Å². The minimum absolute atomic E-state index is 0. The number of carboxylic acid groups (broad SMARTS) is 1. The van der Waals surface area contributed by atoms with E-state index >= 15 is 0 Å². The predicted molar refractivity (Wildman–Crippen MR) is 76.7 cm³/mol. The van der Waals surface area contributed by atoms with E-state index in [2.05, 4.69) is 16.7 Å². The van der Waals surface area contributed by atoms with Crippen LogP contribution in [-0.2, 0) is 4.79 Å². The zero-order valence-electron chi connectivity index (χ0n) is 11.3. The summed E-state index contributed by atoms with van der Waals surface area (Å²) in [7, 11) is 4.04. The number of nitrogens with zero attached hydrogens (tertiary/aromatic N) is 2. The molecule has 0 aromatic carbocycles. The van der Waals surface area contributed by atoms with Gasteiger partial charge in [-0.05, 0) is 27.4 Å². The van der Waals surface area contributed by atoms with E-state index in [-0.39, 0.29) is 17.0 Å². The van der Waals surface area contributed by atoms with Crippen LogP contribution < -0.4 is 0 Å². The summed E-state index contributed by atoms with van der Waals surface area (Å²) in [6, 6.07) is 0. The smallest absolute Gasteiger partial charge is 0.332 e. The molecule has 0 fully saturated rings. The number of hydrogen-bond donors (Lipinski definition) is 1. The third-order valence-corrected chi connectivity index (χ3v) is 2.35. The molecular weight excluding hydrogens is 284 g/mol. The minimum atomic E-state index is -0.841. The Bertz CT molecular complexity index is 243. The van der Waals surface area contributed by atoms with Crippen molar-refractivity contribution in [1.82, 2.24) is 9.80 Å². The maximum atomic E-state index is 10.7. The van der Waals surface area contributed by atoms with Gasteiger partial charge in [-0.2, -0.15) is 0 Å². The summed E-state index contributed by atoms with van der Waals surface area (Å²) in [5.41, 5.74) is 0.398. The van der Waals surface area contributed by atoms with E-state index in [1.165, 1.54) is 0 Å². The second-order valence-corrected chi connectivity index (χ2v) is 4.31. The summed E-state index contributed by atoms with van der Waals surface area (Å²) in [5, 5.41) is 8.83. The third-order valence-electron chi connectivity index (χ3n) is 2.35. The van der Waals surface area contributed by atoms with E-state index < -0.39 is 5.97 Å². The van der Waals surface area contributed by atoms with Gasteiger partial charge in [-0.15, -0.1) is 17.0 Å². The van der Waals surface area contributed by atoms with Crippen LogP contribution in [0.5, 0.6) is 0 Å². The highest BCUT2D eigenvalue weighted by Gasteiger charge is 2.05. The largest absolute Gasteiger partial charge is 0.478 e. The second-order valence-electron chi connectivity index (χ2n) is 4.31. The number of carbonyl (C=O) groups is 1. The molecule has 0 bridgehead atoms. The molecule has 0 rings (SSSR count). The van der Waals surface area contributed by atoms with Crippen molar-refractivity contribution in [3.8, 4) is 0 Å². The van der Waals surface area contributed by atoms with Gasteiger partial charge in [0, 0.05) is 31.4 Å². The lowest BCUT2D eigenvalue weighted by Gasteiger charge is -2.22. The monoisotopic (exact) mass is 308 g/mol. The van der Waals surface area contributed by atoms with Gasteiger partial charge in [0.25, 0.3) is 0 Å². The molecule has 0 saturated carbocycles. The van der Waals surface area contributed by atoms with Gasteiger partial charge in [0.05, 0.1) is 0 Å². The lowest BCUT2D eigenvalue weighted by atomic mass is 10.3. The molecule has 0 atom stereocenters. The summed E-state index contributed by atoms with van der Waals surface area (Å²) >= 11 is 0. The molecule has 0 unspecified atom stereocenters. The van der Waals surface area contributed by atoms with Crippen molar-refractivity contribution in [2.24, 2.45) is 0 Å². The molecule has 0 aliphatic heterocycles. The number of hydrogen-bond acceptors (Lipinski definition) is 3. The maximum Gasteiger partial charge on any atom is 0.332 e. The van der Waals surface area contributed by atoms with Crippen molar-refractivity contribution in [2.45, 2.75) is 26.7 Å². The van der Waals surface area contributed by atoms with Crippen molar-refractivity contribution >= 4 is 23.0 Å². The number of rotatable bonds is 8. The van der Waals surface area contributed by atoms with Gasteiger partial charge in [0.1, 0.15) is 0 Å². The van der Waals surface area contributed by atoms with Gasteiger partial charge in [0.15, 0.2) is 0 Å². The van der Waals surface area contributed by atoms with Crippen LogP contribution in [0.25, 0.3) is 0 Å². The number of halogens is 1. The van der Waals surface area contributed by atoms with Crippen molar-refractivity contribution < 1.29 is 9.90 Å². The molecule has 0 heterocycles. The molecule has 5 heteroatoms. The van der Waals surface area contributed by atoms with Gasteiger partial charge >= 0.3 is 5.97 Å². The quantitative estimate of drug-likeness (QED) is 0.698. The van der Waals surface area contributed by atoms with Gasteiger partial charge in [-0.25, -0.2) is 4.79 Å². The molecule has 17 heavy (non-hydrogen) atoms. The van der Waals surface area contributed by atoms with Crippen LogP contribution in [0, 0.1) is 0 Å². The number of carboxylic acids is 1. The summed E-state index contributed by atoms with van der Waals surface area (Å²) in [6.07, 6.45) is 3.97. The first kappa shape index (κ1) is 18.8. The van der Waals surface area contributed by atoms with Crippen molar-refractivity contribution in [2.75, 3.05) is 33.7 Å². The van der Waals surface area contributed by atoms with Crippen molar-refractivity contribution in [1.29, 1.82) is 0 Å². The van der Waals surface area contributed by atoms with Crippen molar-refractivity contribution in [3.05, 3.63) is 11.8 Å². The number of unbranched alkanes of at least 4 members (excludes halogenated alkanes) is 1. The van der Waals surface area contributed by atoms with Gasteiger partial charge in [-0.1, -0.05) is 13.3 Å². The zero-order valence-corrected chi connectivity index (χ0v) is 13.0. The Morgan fingerprint density at radius 1 is 1.24 bits per heavy atom. The van der Waals surface area contributed by atoms with Crippen LogP contribution in [0.4, 0.5) is 0 Å². The standard InChI is InChI=1S/C12H24N2O2.BrH/c1-5-6-7-14(9-8-13(3)4)10-11(2)12(15)16;/h10H,5-9H2,1-4H3,(H,15,16);1H. The predicted octanol–water partition coefficient (Wildman–Crippen LogP) is 2.22. The van der Waals surface area contributed by atoms with Gasteiger partial charge in [0.2, 0.25) is 0 Å². The first-order chi connectivity index (χ1) is 7.47. The molecular formula is C12H25BrN2O2. The Morgan fingerprint density at radius 2 is 1.82 bits per heavy atom. The molecule has 0 saturated heterocycles. The normalized spacial score (nSPS) is 11.2. The molecule has 0 radical (unpaired) electrons. The average molecular weight is 309 g/mol. The molecule has 0 aromatic heterocycles.